The Morgan fingerprint density at radius 1 is 1.12 bits per heavy atom. The number of anilines is 1. The number of hydrogen-bond acceptors (Lipinski definition) is 5. The smallest absolute Gasteiger partial charge is 0.416 e. The van der Waals surface area contributed by atoms with Crippen molar-refractivity contribution in [2.24, 2.45) is 5.92 Å². The second-order valence-corrected chi connectivity index (χ2v) is 8.25. The number of nitrogens with zero attached hydrogens (tertiary/aromatic N) is 3. The van der Waals surface area contributed by atoms with Gasteiger partial charge in [-0.3, -0.25) is 4.79 Å². The minimum absolute atomic E-state index is 0.144. The lowest BCUT2D eigenvalue weighted by molar-refractivity contribution is -0.137. The Morgan fingerprint density at radius 3 is 2.59 bits per heavy atom. The van der Waals surface area contributed by atoms with E-state index in [1.54, 1.807) is 12.4 Å². The van der Waals surface area contributed by atoms with Gasteiger partial charge in [-0.15, -0.1) is 0 Å². The van der Waals surface area contributed by atoms with Crippen LogP contribution in [0.2, 0.25) is 0 Å². The van der Waals surface area contributed by atoms with Gasteiger partial charge in [-0.25, -0.2) is 9.97 Å². The van der Waals surface area contributed by atoms with Gasteiger partial charge < -0.3 is 15.0 Å². The summed E-state index contributed by atoms with van der Waals surface area (Å²) in [6, 6.07) is 12.4. The van der Waals surface area contributed by atoms with Crippen molar-refractivity contribution < 1.29 is 22.7 Å². The van der Waals surface area contributed by atoms with Crippen LogP contribution >= 0.6 is 0 Å². The lowest BCUT2D eigenvalue weighted by Gasteiger charge is -2.33. The monoisotopic (exact) mass is 470 g/mol. The molecule has 4 rings (SSSR count). The number of piperidine rings is 1. The SMILES string of the molecule is Cc1ccccc1Oc1nccnc1N1CCCC(C(=O)NCc2ccc(C(F)(F)F)cc2)C1. The number of ether oxygens (including phenoxy) is 1. The molecule has 0 spiro atoms. The lowest BCUT2D eigenvalue weighted by Crippen LogP contribution is -2.43. The third kappa shape index (κ3) is 5.65. The van der Waals surface area contributed by atoms with E-state index in [9.17, 15) is 18.0 Å². The number of alkyl halides is 3. The van der Waals surface area contributed by atoms with Crippen molar-refractivity contribution in [1.29, 1.82) is 0 Å². The average molecular weight is 470 g/mol. The number of hydrogen-bond donors (Lipinski definition) is 1. The zero-order valence-electron chi connectivity index (χ0n) is 18.7. The van der Waals surface area contributed by atoms with Gasteiger partial charge in [0.05, 0.1) is 11.5 Å². The number of amides is 1. The molecular weight excluding hydrogens is 445 g/mol. The number of aryl methyl sites for hydroxylation is 1. The number of benzene rings is 2. The molecule has 0 saturated carbocycles. The van der Waals surface area contributed by atoms with Crippen LogP contribution in [0, 0.1) is 12.8 Å². The Hall–Kier alpha value is -3.62. The van der Waals surface area contributed by atoms with Crippen molar-refractivity contribution >= 4 is 11.7 Å². The van der Waals surface area contributed by atoms with E-state index in [1.165, 1.54) is 12.1 Å². The minimum Gasteiger partial charge on any atom is -0.436 e. The number of nitrogens with one attached hydrogen (secondary N) is 1. The van der Waals surface area contributed by atoms with Crippen LogP contribution in [0.1, 0.15) is 29.5 Å². The fraction of sp³-hybridized carbons (Fsp3) is 0.320. The van der Waals surface area contributed by atoms with E-state index in [1.807, 2.05) is 36.1 Å². The number of rotatable bonds is 6. The van der Waals surface area contributed by atoms with E-state index in [-0.39, 0.29) is 18.4 Å². The summed E-state index contributed by atoms with van der Waals surface area (Å²) in [5.74, 6) is 1.21. The standard InChI is InChI=1S/C25H25F3N4O2/c1-17-5-2-3-7-21(17)34-24-22(29-12-13-30-24)32-14-4-6-19(16-32)23(33)31-15-18-8-10-20(11-9-18)25(26,27)28/h2-3,5,7-13,19H,4,6,14-16H2,1H3,(H,31,33). The second kappa shape index (κ2) is 10.1. The average Bonchev–Trinajstić information content (AvgIpc) is 2.84. The summed E-state index contributed by atoms with van der Waals surface area (Å²) in [6.07, 6.45) is 0.279. The molecule has 6 nitrogen and oxygen atoms in total. The number of para-hydroxylation sites is 1. The zero-order chi connectivity index (χ0) is 24.1. The molecule has 2 heterocycles. The van der Waals surface area contributed by atoms with Gasteiger partial charge in [-0.05, 0) is 49.1 Å². The van der Waals surface area contributed by atoms with E-state index >= 15 is 0 Å². The molecule has 0 bridgehead atoms. The van der Waals surface area contributed by atoms with Gasteiger partial charge in [0.1, 0.15) is 5.75 Å². The summed E-state index contributed by atoms with van der Waals surface area (Å²) in [5, 5.41) is 2.85. The molecule has 1 aliphatic heterocycles. The van der Waals surface area contributed by atoms with Crippen molar-refractivity contribution in [1.82, 2.24) is 15.3 Å². The highest BCUT2D eigenvalue weighted by Crippen LogP contribution is 2.32. The van der Waals surface area contributed by atoms with E-state index in [0.29, 0.717) is 42.5 Å². The molecular formula is C25H25F3N4O2. The predicted molar refractivity (Wildman–Crippen MR) is 122 cm³/mol. The van der Waals surface area contributed by atoms with Crippen molar-refractivity contribution in [2.75, 3.05) is 18.0 Å². The number of carbonyl (C=O) groups is 1. The molecule has 1 aromatic heterocycles. The third-order valence-electron chi connectivity index (χ3n) is 5.79. The van der Waals surface area contributed by atoms with E-state index in [4.69, 9.17) is 4.74 Å². The highest BCUT2D eigenvalue weighted by atomic mass is 19.4. The minimum atomic E-state index is -4.38. The first-order chi connectivity index (χ1) is 16.3. The summed E-state index contributed by atoms with van der Waals surface area (Å²) in [7, 11) is 0. The first kappa shape index (κ1) is 23.5. The van der Waals surface area contributed by atoms with E-state index in [0.717, 1.165) is 24.1 Å². The van der Waals surface area contributed by atoms with Gasteiger partial charge in [0.15, 0.2) is 5.82 Å². The third-order valence-corrected chi connectivity index (χ3v) is 5.79. The van der Waals surface area contributed by atoms with Crippen molar-refractivity contribution in [3.8, 4) is 11.6 Å². The Labute approximate surface area is 195 Å². The molecule has 1 atom stereocenters. The number of carbonyl (C=O) groups excluding carboxylic acids is 1. The number of aromatic nitrogens is 2. The van der Waals surface area contributed by atoms with Gasteiger partial charge in [-0.1, -0.05) is 30.3 Å². The first-order valence-electron chi connectivity index (χ1n) is 11.0. The van der Waals surface area contributed by atoms with Gasteiger partial charge in [-0.2, -0.15) is 13.2 Å². The summed E-state index contributed by atoms with van der Waals surface area (Å²) in [6.45, 7) is 3.27. The molecule has 1 unspecified atom stereocenters. The molecule has 1 aliphatic rings. The molecule has 2 aromatic carbocycles. The fourth-order valence-electron chi connectivity index (χ4n) is 3.91. The van der Waals surface area contributed by atoms with Crippen molar-refractivity contribution in [2.45, 2.75) is 32.5 Å². The fourth-order valence-corrected chi connectivity index (χ4v) is 3.91. The summed E-state index contributed by atoms with van der Waals surface area (Å²) < 4.78 is 44.2. The molecule has 1 saturated heterocycles. The summed E-state index contributed by atoms with van der Waals surface area (Å²) in [5.41, 5.74) is 0.869. The molecule has 1 fully saturated rings. The molecule has 9 heteroatoms. The molecule has 3 aromatic rings. The normalized spacial score (nSPS) is 16.2. The highest BCUT2D eigenvalue weighted by molar-refractivity contribution is 5.79. The maximum absolute atomic E-state index is 12.8. The van der Waals surface area contributed by atoms with Crippen LogP contribution in [0.25, 0.3) is 0 Å². The van der Waals surface area contributed by atoms with Crippen LogP contribution < -0.4 is 15.0 Å². The maximum Gasteiger partial charge on any atom is 0.416 e. The van der Waals surface area contributed by atoms with Gasteiger partial charge in [0.2, 0.25) is 5.91 Å². The number of halogens is 3. The summed E-state index contributed by atoms with van der Waals surface area (Å²) in [4.78, 5) is 23.6. The summed E-state index contributed by atoms with van der Waals surface area (Å²) >= 11 is 0. The zero-order valence-corrected chi connectivity index (χ0v) is 18.7. The molecule has 178 valence electrons. The van der Waals surface area contributed by atoms with Crippen molar-refractivity contribution in [3.05, 3.63) is 77.6 Å². The second-order valence-electron chi connectivity index (χ2n) is 8.25. The molecule has 0 aliphatic carbocycles. The van der Waals surface area contributed by atoms with Crippen LogP contribution in [0.15, 0.2) is 60.9 Å². The van der Waals surface area contributed by atoms with Crippen LogP contribution in [0.5, 0.6) is 11.6 Å². The van der Waals surface area contributed by atoms with Crippen LogP contribution in [0.4, 0.5) is 19.0 Å². The Kier molecular flexibility index (Phi) is 7.00. The van der Waals surface area contributed by atoms with Gasteiger partial charge >= 0.3 is 6.18 Å². The molecule has 1 N–H and O–H groups in total. The Balaban J connectivity index is 1.40. The topological polar surface area (TPSA) is 67.4 Å². The molecule has 0 radical (unpaired) electrons. The quantitative estimate of drug-likeness (QED) is 0.541. The van der Waals surface area contributed by atoms with E-state index < -0.39 is 11.7 Å². The lowest BCUT2D eigenvalue weighted by atomic mass is 9.97. The van der Waals surface area contributed by atoms with Gasteiger partial charge in [0.25, 0.3) is 5.88 Å². The van der Waals surface area contributed by atoms with Gasteiger partial charge in [0, 0.05) is 32.0 Å². The molecule has 1 amide bonds. The van der Waals surface area contributed by atoms with Crippen molar-refractivity contribution in [3.63, 3.8) is 0 Å². The Morgan fingerprint density at radius 2 is 1.85 bits per heavy atom. The maximum atomic E-state index is 12.8. The van der Waals surface area contributed by atoms with Crippen LogP contribution in [0.3, 0.4) is 0 Å². The van der Waals surface area contributed by atoms with Crippen LogP contribution in [-0.4, -0.2) is 29.0 Å². The Bertz CT molecular complexity index is 1140. The largest absolute Gasteiger partial charge is 0.436 e. The predicted octanol–water partition coefficient (Wildman–Crippen LogP) is 5.13. The first-order valence-corrected chi connectivity index (χ1v) is 11.0. The van der Waals surface area contributed by atoms with Crippen LogP contribution in [-0.2, 0) is 17.5 Å². The molecule has 34 heavy (non-hydrogen) atoms. The highest BCUT2D eigenvalue weighted by Gasteiger charge is 2.30. The van der Waals surface area contributed by atoms with E-state index in [2.05, 4.69) is 15.3 Å².